The molecule has 0 fully saturated rings. The second-order valence-electron chi connectivity index (χ2n) is 19.7. The number of aromatic nitrogens is 3. The fraction of sp³-hybridized carbons (Fsp3) is 0.0143. The van der Waals surface area contributed by atoms with Crippen LogP contribution in [-0.4, -0.2) is 15.0 Å². The molecule has 4 nitrogen and oxygen atoms in total. The van der Waals surface area contributed by atoms with Crippen LogP contribution < -0.4 is 0 Å². The lowest BCUT2D eigenvalue weighted by Crippen LogP contribution is -2.26. The molecule has 2 aliphatic carbocycles. The van der Waals surface area contributed by atoms with Gasteiger partial charge in [0.2, 0.25) is 0 Å². The Bertz CT molecular complexity index is 4580. The monoisotopic (exact) mass is 971 g/mol. The van der Waals surface area contributed by atoms with E-state index in [1.807, 2.05) is 18.2 Å². The highest BCUT2D eigenvalue weighted by Crippen LogP contribution is 2.64. The Morgan fingerprint density at radius 2 is 0.800 bits per heavy atom. The van der Waals surface area contributed by atoms with Crippen LogP contribution in [0.1, 0.15) is 22.3 Å². The number of hydrogen-bond acceptors (Lipinski definition) is 5. The van der Waals surface area contributed by atoms with Gasteiger partial charge in [0.05, 0.1) is 5.41 Å². The summed E-state index contributed by atoms with van der Waals surface area (Å²) in [7, 11) is 0. The minimum atomic E-state index is -0.431. The van der Waals surface area contributed by atoms with Crippen LogP contribution in [0.4, 0.5) is 0 Å². The van der Waals surface area contributed by atoms with Crippen molar-refractivity contribution in [2.24, 2.45) is 0 Å². The molecule has 5 heteroatoms. The van der Waals surface area contributed by atoms with Crippen LogP contribution in [0.5, 0.6) is 0 Å². The molecular weight excluding hydrogens is 931 g/mol. The van der Waals surface area contributed by atoms with Crippen molar-refractivity contribution in [3.63, 3.8) is 0 Å². The average Bonchev–Trinajstić information content (AvgIpc) is 4.32. The molecule has 0 saturated heterocycles. The molecule has 348 valence electrons. The molecule has 0 radical (unpaired) electrons. The standard InChI is InChI=1S/C70H41N3OS/c1-2-14-42(15-3-1)43-30-34-46(35-31-43)67-71-68(48-36-38-54-53-19-7-11-27-63(53)75-64(54)41-48)73-69(72-67)56-22-13-26-62-65(56)57-40-47(37-39-61(57)74-62)44-28-32-45(33-29-44)49-20-12-21-55-52-18-6-10-25-60(52)70(66(49)55)58-23-8-4-16-50(58)51-17-5-9-24-59(51)70/h1-41H. The predicted molar refractivity (Wildman–Crippen MR) is 309 cm³/mol. The van der Waals surface area contributed by atoms with Crippen molar-refractivity contribution < 1.29 is 4.42 Å². The first kappa shape index (κ1) is 42.0. The number of hydrogen-bond donors (Lipinski definition) is 0. The smallest absolute Gasteiger partial charge is 0.164 e. The minimum absolute atomic E-state index is 0.431. The Hall–Kier alpha value is -9.55. The fourth-order valence-corrected chi connectivity index (χ4v) is 13.6. The van der Waals surface area contributed by atoms with E-state index in [9.17, 15) is 0 Å². The molecule has 3 heterocycles. The van der Waals surface area contributed by atoms with Gasteiger partial charge in [0.25, 0.3) is 0 Å². The van der Waals surface area contributed by atoms with Crippen molar-refractivity contribution in [3.8, 4) is 89.8 Å². The first-order valence-electron chi connectivity index (χ1n) is 25.5. The predicted octanol–water partition coefficient (Wildman–Crippen LogP) is 18.5. The lowest BCUT2D eigenvalue weighted by molar-refractivity contribution is 0.669. The lowest BCUT2D eigenvalue weighted by Gasteiger charge is -2.32. The summed E-state index contributed by atoms with van der Waals surface area (Å²) in [5, 5.41) is 4.46. The van der Waals surface area contributed by atoms with Crippen LogP contribution in [0.2, 0.25) is 0 Å². The third-order valence-electron chi connectivity index (χ3n) is 15.8. The highest BCUT2D eigenvalue weighted by Gasteiger charge is 2.52. The summed E-state index contributed by atoms with van der Waals surface area (Å²) < 4.78 is 9.09. The number of thiophene rings is 1. The largest absolute Gasteiger partial charge is 0.456 e. The maximum Gasteiger partial charge on any atom is 0.164 e. The fourth-order valence-electron chi connectivity index (χ4n) is 12.5. The van der Waals surface area contributed by atoms with Crippen LogP contribution in [-0.2, 0) is 5.41 Å². The van der Waals surface area contributed by atoms with E-state index in [0.717, 1.165) is 60.9 Å². The molecule has 75 heavy (non-hydrogen) atoms. The molecule has 0 unspecified atom stereocenters. The Balaban J connectivity index is 0.819. The first-order chi connectivity index (χ1) is 37.2. The van der Waals surface area contributed by atoms with Gasteiger partial charge in [-0.1, -0.05) is 218 Å². The van der Waals surface area contributed by atoms with E-state index >= 15 is 0 Å². The number of benzene rings is 11. The zero-order valence-corrected chi connectivity index (χ0v) is 41.1. The van der Waals surface area contributed by atoms with E-state index in [1.165, 1.54) is 75.8 Å². The maximum atomic E-state index is 6.64. The summed E-state index contributed by atoms with van der Waals surface area (Å²) in [5.74, 6) is 1.81. The van der Waals surface area contributed by atoms with Crippen molar-refractivity contribution in [1.82, 2.24) is 15.0 Å². The summed E-state index contributed by atoms with van der Waals surface area (Å²) in [6, 6.07) is 89.9. The molecule has 0 bridgehead atoms. The van der Waals surface area contributed by atoms with Crippen molar-refractivity contribution in [1.29, 1.82) is 0 Å². The summed E-state index contributed by atoms with van der Waals surface area (Å²) >= 11 is 1.79. The van der Waals surface area contributed by atoms with E-state index in [0.29, 0.717) is 17.5 Å². The van der Waals surface area contributed by atoms with Gasteiger partial charge in [-0.3, -0.25) is 0 Å². The minimum Gasteiger partial charge on any atom is -0.456 e. The number of fused-ring (bicyclic) bond motifs is 16. The van der Waals surface area contributed by atoms with Crippen molar-refractivity contribution in [2.75, 3.05) is 0 Å². The van der Waals surface area contributed by atoms with Gasteiger partial charge in [-0.15, -0.1) is 11.3 Å². The van der Waals surface area contributed by atoms with Crippen LogP contribution in [0.15, 0.2) is 253 Å². The molecule has 0 atom stereocenters. The lowest BCUT2D eigenvalue weighted by atomic mass is 9.68. The SMILES string of the molecule is c1ccc(-c2ccc(-c3nc(-c4ccc5c(c4)sc4ccccc45)nc(-c4cccc5oc6ccc(-c7ccc(-c8cccc9c8C8(c%10ccccc%10-c%10ccccc%108)c8ccccc8-9)cc7)cc6c45)n3)cc2)cc1. The third kappa shape index (κ3) is 6.26. The van der Waals surface area contributed by atoms with Crippen LogP contribution >= 0.6 is 11.3 Å². The number of furan rings is 1. The summed E-state index contributed by atoms with van der Waals surface area (Å²) in [6.45, 7) is 0. The highest BCUT2D eigenvalue weighted by molar-refractivity contribution is 7.25. The number of rotatable bonds is 6. The normalized spacial score (nSPS) is 12.9. The quantitative estimate of drug-likeness (QED) is 0.167. The molecular formula is C70H41N3OS. The average molecular weight is 972 g/mol. The third-order valence-corrected chi connectivity index (χ3v) is 16.9. The zero-order chi connectivity index (χ0) is 49.2. The maximum absolute atomic E-state index is 6.64. The van der Waals surface area contributed by atoms with Gasteiger partial charge in [0.15, 0.2) is 17.5 Å². The molecule has 0 N–H and O–H groups in total. The van der Waals surface area contributed by atoms with Gasteiger partial charge in [-0.05, 0) is 108 Å². The van der Waals surface area contributed by atoms with E-state index in [1.54, 1.807) is 11.3 Å². The van der Waals surface area contributed by atoms with Gasteiger partial charge in [0.1, 0.15) is 11.2 Å². The topological polar surface area (TPSA) is 51.8 Å². The Kier molecular flexibility index (Phi) is 9.09. The van der Waals surface area contributed by atoms with Gasteiger partial charge >= 0.3 is 0 Å². The van der Waals surface area contributed by atoms with Gasteiger partial charge in [0, 0.05) is 47.6 Å². The van der Waals surface area contributed by atoms with Crippen LogP contribution in [0.3, 0.4) is 0 Å². The molecule has 2 aliphatic rings. The van der Waals surface area contributed by atoms with E-state index in [-0.39, 0.29) is 0 Å². The number of nitrogens with zero attached hydrogens (tertiary/aromatic N) is 3. The molecule has 0 saturated carbocycles. The van der Waals surface area contributed by atoms with Crippen LogP contribution in [0, 0.1) is 0 Å². The molecule has 0 amide bonds. The van der Waals surface area contributed by atoms with E-state index in [4.69, 9.17) is 19.4 Å². The van der Waals surface area contributed by atoms with E-state index in [2.05, 4.69) is 231 Å². The summed E-state index contributed by atoms with van der Waals surface area (Å²) in [6.07, 6.45) is 0. The Labute approximate surface area is 436 Å². The highest BCUT2D eigenvalue weighted by atomic mass is 32.1. The van der Waals surface area contributed by atoms with Gasteiger partial charge < -0.3 is 4.42 Å². The van der Waals surface area contributed by atoms with Crippen molar-refractivity contribution in [3.05, 3.63) is 271 Å². The zero-order valence-electron chi connectivity index (χ0n) is 40.3. The van der Waals surface area contributed by atoms with E-state index < -0.39 is 5.41 Å². The van der Waals surface area contributed by atoms with Gasteiger partial charge in [-0.2, -0.15) is 0 Å². The second-order valence-corrected chi connectivity index (χ2v) is 20.8. The first-order valence-corrected chi connectivity index (χ1v) is 26.3. The molecule has 11 aromatic carbocycles. The molecule has 3 aromatic heterocycles. The molecule has 16 rings (SSSR count). The summed E-state index contributed by atoms with van der Waals surface area (Å²) in [4.78, 5) is 15.8. The van der Waals surface area contributed by atoms with Gasteiger partial charge in [-0.25, -0.2) is 15.0 Å². The summed E-state index contributed by atoms with van der Waals surface area (Å²) in [5.41, 5.74) is 21.4. The second kappa shape index (κ2) is 16.2. The Morgan fingerprint density at radius 3 is 1.55 bits per heavy atom. The van der Waals surface area contributed by atoms with Crippen molar-refractivity contribution in [2.45, 2.75) is 5.41 Å². The molecule has 14 aromatic rings. The Morgan fingerprint density at radius 1 is 0.293 bits per heavy atom. The molecule has 1 spiro atoms. The van der Waals surface area contributed by atoms with Crippen LogP contribution in [0.25, 0.3) is 132 Å². The molecule has 0 aliphatic heterocycles. The van der Waals surface area contributed by atoms with Crippen molar-refractivity contribution >= 4 is 53.4 Å².